The molecule has 8 heteroatoms. The number of rotatable bonds is 5. The molecule has 2 rings (SSSR count). The lowest BCUT2D eigenvalue weighted by Crippen LogP contribution is -2.19. The first-order chi connectivity index (χ1) is 9.11. The average Bonchev–Trinajstić information content (AvgIpc) is 2.86. The molecule has 2 atom stereocenters. The van der Waals surface area contributed by atoms with Crippen LogP contribution in [-0.4, -0.2) is 39.1 Å². The zero-order valence-electron chi connectivity index (χ0n) is 10.3. The average molecular weight is 308 g/mol. The third-order valence-corrected chi connectivity index (χ3v) is 6.00. The fourth-order valence-electron chi connectivity index (χ4n) is 1.82. The van der Waals surface area contributed by atoms with Gasteiger partial charge in [0.25, 0.3) is 6.43 Å². The van der Waals surface area contributed by atoms with Crippen molar-refractivity contribution in [3.05, 3.63) is 11.7 Å². The molecule has 1 aliphatic rings. The normalized spacial score (nSPS) is 23.8. The topological polar surface area (TPSA) is 56.0 Å². The van der Waals surface area contributed by atoms with E-state index in [1.807, 2.05) is 11.8 Å². The molecule has 0 N–H and O–H groups in total. The summed E-state index contributed by atoms with van der Waals surface area (Å²) < 4.78 is 29.2. The van der Waals surface area contributed by atoms with Crippen molar-refractivity contribution in [1.29, 1.82) is 0 Å². The van der Waals surface area contributed by atoms with Gasteiger partial charge < -0.3 is 4.52 Å². The van der Waals surface area contributed by atoms with Crippen LogP contribution in [0.3, 0.4) is 0 Å². The Kier molecular flexibility index (Phi) is 5.20. The highest BCUT2D eigenvalue weighted by molar-refractivity contribution is 8.06. The maximum Gasteiger partial charge on any atom is 0.296 e. The molecule has 1 fully saturated rings. The Labute approximate surface area is 118 Å². The number of carbonyl (C=O) groups excluding carboxylic acids is 1. The summed E-state index contributed by atoms with van der Waals surface area (Å²) >= 11 is 3.61. The van der Waals surface area contributed by atoms with Gasteiger partial charge in [-0.05, 0) is 6.42 Å². The molecular weight excluding hydrogens is 294 g/mol. The highest BCUT2D eigenvalue weighted by atomic mass is 32.2. The standard InChI is InChI=1S/C11H14F2N2O2S2/c1-2-7-9(19-4-3-18-7)11-14-8(17-15-11)5-6(16)10(12)13/h7,9-10H,2-5H2,1H3. The Morgan fingerprint density at radius 2 is 2.21 bits per heavy atom. The van der Waals surface area contributed by atoms with E-state index >= 15 is 0 Å². The van der Waals surface area contributed by atoms with Crippen LogP contribution in [0.25, 0.3) is 0 Å². The molecule has 1 aromatic rings. The number of nitrogens with zero attached hydrogens (tertiary/aromatic N) is 2. The first kappa shape index (κ1) is 14.8. The minimum atomic E-state index is -2.99. The minimum Gasteiger partial charge on any atom is -0.339 e. The van der Waals surface area contributed by atoms with Crippen LogP contribution in [-0.2, 0) is 11.2 Å². The largest absolute Gasteiger partial charge is 0.339 e. The van der Waals surface area contributed by atoms with E-state index in [1.54, 1.807) is 11.8 Å². The van der Waals surface area contributed by atoms with Crippen LogP contribution in [0.1, 0.15) is 30.3 Å². The summed E-state index contributed by atoms with van der Waals surface area (Å²) in [6.45, 7) is 2.10. The number of aromatic nitrogens is 2. The van der Waals surface area contributed by atoms with Gasteiger partial charge in [-0.3, -0.25) is 4.79 Å². The summed E-state index contributed by atoms with van der Waals surface area (Å²) in [6.07, 6.45) is -2.49. The summed E-state index contributed by atoms with van der Waals surface area (Å²) in [4.78, 5) is 15.0. The van der Waals surface area contributed by atoms with Crippen molar-refractivity contribution in [3.8, 4) is 0 Å². The fraction of sp³-hybridized carbons (Fsp3) is 0.727. The first-order valence-electron chi connectivity index (χ1n) is 5.98. The molecule has 1 aromatic heterocycles. The lowest BCUT2D eigenvalue weighted by Gasteiger charge is -2.27. The van der Waals surface area contributed by atoms with E-state index < -0.39 is 18.6 Å². The van der Waals surface area contributed by atoms with E-state index in [4.69, 9.17) is 4.52 Å². The second-order valence-electron chi connectivity index (χ2n) is 4.10. The second kappa shape index (κ2) is 6.69. The number of alkyl halides is 2. The van der Waals surface area contributed by atoms with Crippen molar-refractivity contribution >= 4 is 29.3 Å². The van der Waals surface area contributed by atoms with E-state index in [2.05, 4.69) is 17.1 Å². The van der Waals surface area contributed by atoms with Crippen molar-refractivity contribution in [2.24, 2.45) is 0 Å². The fourth-order valence-corrected chi connectivity index (χ4v) is 4.81. The van der Waals surface area contributed by atoms with Crippen molar-refractivity contribution in [2.45, 2.75) is 36.7 Å². The van der Waals surface area contributed by atoms with Gasteiger partial charge in [-0.15, -0.1) is 11.8 Å². The van der Waals surface area contributed by atoms with E-state index in [-0.39, 0.29) is 11.1 Å². The lowest BCUT2D eigenvalue weighted by molar-refractivity contribution is -0.129. The Morgan fingerprint density at radius 1 is 1.47 bits per heavy atom. The van der Waals surface area contributed by atoms with Crippen molar-refractivity contribution < 1.29 is 18.1 Å². The highest BCUT2D eigenvalue weighted by Crippen LogP contribution is 2.42. The zero-order valence-corrected chi connectivity index (χ0v) is 12.0. The molecule has 19 heavy (non-hydrogen) atoms. The maximum absolute atomic E-state index is 12.1. The van der Waals surface area contributed by atoms with E-state index in [0.717, 1.165) is 17.9 Å². The van der Waals surface area contributed by atoms with Crippen LogP contribution in [0.15, 0.2) is 4.52 Å². The van der Waals surface area contributed by atoms with Gasteiger partial charge in [0.15, 0.2) is 5.82 Å². The number of hydrogen-bond acceptors (Lipinski definition) is 6. The SMILES string of the molecule is CCC1SCCSC1c1noc(CC(=O)C(F)F)n1. The third-order valence-electron chi connectivity index (χ3n) is 2.76. The quantitative estimate of drug-likeness (QED) is 0.833. The third kappa shape index (κ3) is 3.68. The van der Waals surface area contributed by atoms with Gasteiger partial charge in [0.05, 0.1) is 11.7 Å². The number of halogens is 2. The Hall–Kier alpha value is -0.630. The molecule has 2 unspecified atom stereocenters. The smallest absolute Gasteiger partial charge is 0.296 e. The van der Waals surface area contributed by atoms with Crippen LogP contribution in [0, 0.1) is 0 Å². The predicted octanol–water partition coefficient (Wildman–Crippen LogP) is 2.75. The molecule has 0 spiro atoms. The van der Waals surface area contributed by atoms with Gasteiger partial charge in [0, 0.05) is 16.8 Å². The van der Waals surface area contributed by atoms with Crippen LogP contribution < -0.4 is 0 Å². The Balaban J connectivity index is 2.05. The minimum absolute atomic E-state index is 0.0219. The predicted molar refractivity (Wildman–Crippen MR) is 70.7 cm³/mol. The number of hydrogen-bond donors (Lipinski definition) is 0. The molecule has 0 amide bonds. The molecule has 106 valence electrons. The first-order valence-corrected chi connectivity index (χ1v) is 8.08. The van der Waals surface area contributed by atoms with Crippen LogP contribution in [0.2, 0.25) is 0 Å². The summed E-state index contributed by atoms with van der Waals surface area (Å²) in [5.74, 6) is 1.40. The molecule has 0 bridgehead atoms. The Morgan fingerprint density at radius 3 is 2.89 bits per heavy atom. The molecule has 0 saturated carbocycles. The molecule has 0 radical (unpaired) electrons. The number of thioether (sulfide) groups is 2. The van der Waals surface area contributed by atoms with Gasteiger partial charge in [-0.25, -0.2) is 8.78 Å². The second-order valence-corrected chi connectivity index (χ2v) is 6.70. The molecule has 0 aromatic carbocycles. The monoisotopic (exact) mass is 308 g/mol. The molecule has 4 nitrogen and oxygen atoms in total. The van der Waals surface area contributed by atoms with Gasteiger partial charge in [-0.1, -0.05) is 12.1 Å². The number of Topliss-reactive ketones (excluding diaryl/α,β-unsaturated/α-hetero) is 1. The molecule has 1 saturated heterocycles. The summed E-state index contributed by atoms with van der Waals surface area (Å²) in [6, 6.07) is 0. The van der Waals surface area contributed by atoms with Gasteiger partial charge in [0.2, 0.25) is 11.7 Å². The van der Waals surface area contributed by atoms with Gasteiger partial charge in [0.1, 0.15) is 0 Å². The van der Waals surface area contributed by atoms with Crippen molar-refractivity contribution in [3.63, 3.8) is 0 Å². The van der Waals surface area contributed by atoms with Crippen LogP contribution in [0.5, 0.6) is 0 Å². The van der Waals surface area contributed by atoms with Gasteiger partial charge >= 0.3 is 0 Å². The van der Waals surface area contributed by atoms with E-state index in [1.165, 1.54) is 0 Å². The van der Waals surface area contributed by atoms with Crippen molar-refractivity contribution in [2.75, 3.05) is 11.5 Å². The zero-order chi connectivity index (χ0) is 13.8. The van der Waals surface area contributed by atoms with Crippen LogP contribution >= 0.6 is 23.5 Å². The van der Waals surface area contributed by atoms with E-state index in [9.17, 15) is 13.6 Å². The molecule has 1 aliphatic heterocycles. The van der Waals surface area contributed by atoms with Crippen molar-refractivity contribution in [1.82, 2.24) is 10.1 Å². The van der Waals surface area contributed by atoms with Crippen LogP contribution in [0.4, 0.5) is 8.78 Å². The molecule has 2 heterocycles. The highest BCUT2D eigenvalue weighted by Gasteiger charge is 2.31. The lowest BCUT2D eigenvalue weighted by atomic mass is 10.2. The maximum atomic E-state index is 12.1. The summed E-state index contributed by atoms with van der Waals surface area (Å²) in [5, 5.41) is 4.34. The molecule has 0 aliphatic carbocycles. The Bertz CT molecular complexity index is 442. The summed E-state index contributed by atoms with van der Waals surface area (Å²) in [5.41, 5.74) is 0. The number of carbonyl (C=O) groups is 1. The van der Waals surface area contributed by atoms with Gasteiger partial charge in [-0.2, -0.15) is 16.7 Å². The molecular formula is C11H14F2N2O2S2. The summed E-state index contributed by atoms with van der Waals surface area (Å²) in [7, 11) is 0. The number of ketones is 1. The van der Waals surface area contributed by atoms with E-state index in [0.29, 0.717) is 11.1 Å².